The molecule has 0 radical (unpaired) electrons. The minimum Gasteiger partial charge on any atom is -0.480 e. The number of halogens is 2. The number of carboxylic acids is 1. The smallest absolute Gasteiger partial charge is 0.387 e. The Morgan fingerprint density at radius 1 is 1.24 bits per heavy atom. The average molecular weight is 301 g/mol. The Balaban J connectivity index is 3.01. The van der Waals surface area contributed by atoms with Gasteiger partial charge in [-0.3, -0.25) is 4.79 Å². The van der Waals surface area contributed by atoms with E-state index >= 15 is 0 Å². The van der Waals surface area contributed by atoms with Gasteiger partial charge in [-0.15, -0.1) is 0 Å². The summed E-state index contributed by atoms with van der Waals surface area (Å²) in [4.78, 5) is 23.3. The molecule has 1 aromatic rings. The first kappa shape index (κ1) is 16.9. The van der Waals surface area contributed by atoms with Crippen LogP contribution in [-0.2, 0) is 4.79 Å². The molecule has 0 fully saturated rings. The Morgan fingerprint density at radius 3 is 2.29 bits per heavy atom. The maximum Gasteiger partial charge on any atom is 0.387 e. The van der Waals surface area contributed by atoms with Crippen molar-refractivity contribution in [2.45, 2.75) is 33.4 Å². The molecule has 0 saturated carbocycles. The third-order valence-electron chi connectivity index (χ3n) is 2.74. The van der Waals surface area contributed by atoms with Gasteiger partial charge in [0, 0.05) is 0 Å². The molecule has 1 atom stereocenters. The highest BCUT2D eigenvalue weighted by atomic mass is 19.3. The van der Waals surface area contributed by atoms with E-state index in [0.29, 0.717) is 0 Å². The highest BCUT2D eigenvalue weighted by Gasteiger charge is 2.33. The summed E-state index contributed by atoms with van der Waals surface area (Å²) >= 11 is 0. The fourth-order valence-corrected chi connectivity index (χ4v) is 1.71. The van der Waals surface area contributed by atoms with Crippen LogP contribution in [0.4, 0.5) is 8.78 Å². The highest BCUT2D eigenvalue weighted by Crippen LogP contribution is 2.23. The number of aliphatic carboxylic acids is 1. The van der Waals surface area contributed by atoms with Gasteiger partial charge >= 0.3 is 12.6 Å². The van der Waals surface area contributed by atoms with Gasteiger partial charge in [0.25, 0.3) is 5.91 Å². The average Bonchev–Trinajstić information content (AvgIpc) is 2.33. The zero-order chi connectivity index (χ0) is 16.2. The van der Waals surface area contributed by atoms with Crippen molar-refractivity contribution in [2.75, 3.05) is 0 Å². The second kappa shape index (κ2) is 6.51. The number of rotatable bonds is 5. The van der Waals surface area contributed by atoms with E-state index in [-0.39, 0.29) is 11.3 Å². The number of alkyl halides is 2. The number of carbonyl (C=O) groups is 2. The first-order valence-electron chi connectivity index (χ1n) is 6.20. The van der Waals surface area contributed by atoms with Crippen molar-refractivity contribution in [3.05, 3.63) is 29.8 Å². The minimum absolute atomic E-state index is 0.145. The van der Waals surface area contributed by atoms with Crippen LogP contribution in [-0.4, -0.2) is 29.6 Å². The van der Waals surface area contributed by atoms with Gasteiger partial charge in [0.2, 0.25) is 0 Å². The SMILES string of the molecule is CC(C)(C)[C@H](NC(=O)c1ccccc1OC(F)F)C(=O)O. The van der Waals surface area contributed by atoms with Crippen molar-refractivity contribution in [1.29, 1.82) is 0 Å². The molecule has 5 nitrogen and oxygen atoms in total. The summed E-state index contributed by atoms with van der Waals surface area (Å²) in [5, 5.41) is 11.5. The number of ether oxygens (including phenoxy) is 1. The molecular formula is C14H17F2NO4. The molecule has 1 rings (SSSR count). The lowest BCUT2D eigenvalue weighted by Crippen LogP contribution is -2.49. The molecule has 7 heteroatoms. The Bertz CT molecular complexity index is 526. The molecule has 116 valence electrons. The molecule has 1 aromatic carbocycles. The van der Waals surface area contributed by atoms with E-state index in [4.69, 9.17) is 5.11 Å². The van der Waals surface area contributed by atoms with Gasteiger partial charge in [-0.1, -0.05) is 32.9 Å². The van der Waals surface area contributed by atoms with Crippen molar-refractivity contribution in [3.63, 3.8) is 0 Å². The van der Waals surface area contributed by atoms with Crippen LogP contribution in [0.5, 0.6) is 5.75 Å². The molecule has 1 amide bonds. The van der Waals surface area contributed by atoms with Gasteiger partial charge in [-0.05, 0) is 17.5 Å². The summed E-state index contributed by atoms with van der Waals surface area (Å²) in [5.74, 6) is -2.29. The predicted molar refractivity (Wildman–Crippen MR) is 71.4 cm³/mol. The summed E-state index contributed by atoms with van der Waals surface area (Å²) in [6, 6.07) is 4.25. The summed E-state index contributed by atoms with van der Waals surface area (Å²) in [6.45, 7) is 1.87. The van der Waals surface area contributed by atoms with Gasteiger partial charge in [0.05, 0.1) is 5.56 Å². The number of carboxylic acid groups (broad SMARTS) is 1. The second-order valence-corrected chi connectivity index (χ2v) is 5.49. The molecule has 21 heavy (non-hydrogen) atoms. The summed E-state index contributed by atoms with van der Waals surface area (Å²) in [5.41, 5.74) is -0.881. The van der Waals surface area contributed by atoms with E-state index in [1.807, 2.05) is 0 Å². The number of benzene rings is 1. The molecular weight excluding hydrogens is 284 g/mol. The Morgan fingerprint density at radius 2 is 1.81 bits per heavy atom. The molecule has 0 aliphatic heterocycles. The largest absolute Gasteiger partial charge is 0.480 e. The molecule has 2 N–H and O–H groups in total. The zero-order valence-corrected chi connectivity index (χ0v) is 11.9. The standard InChI is InChI=1S/C14H17F2NO4/c1-14(2,3)10(12(19)20)17-11(18)8-6-4-5-7-9(8)21-13(15)16/h4-7,10,13H,1-3H3,(H,17,18)(H,19,20)/t10-/m1/s1. The predicted octanol–water partition coefficient (Wildman–Crippen LogP) is 2.52. The number of hydrogen-bond donors (Lipinski definition) is 2. The van der Waals surface area contributed by atoms with E-state index in [1.165, 1.54) is 24.3 Å². The van der Waals surface area contributed by atoms with Gasteiger partial charge in [-0.25, -0.2) is 4.79 Å². The molecule has 0 aromatic heterocycles. The number of nitrogens with one attached hydrogen (secondary N) is 1. The van der Waals surface area contributed by atoms with Gasteiger partial charge in [0.1, 0.15) is 11.8 Å². The third-order valence-corrected chi connectivity index (χ3v) is 2.74. The molecule has 0 heterocycles. The molecule has 0 bridgehead atoms. The van der Waals surface area contributed by atoms with E-state index in [2.05, 4.69) is 10.1 Å². The third kappa shape index (κ3) is 4.70. The van der Waals surface area contributed by atoms with Crippen LogP contribution in [0.15, 0.2) is 24.3 Å². The lowest BCUT2D eigenvalue weighted by atomic mass is 9.86. The first-order chi connectivity index (χ1) is 9.62. The zero-order valence-electron chi connectivity index (χ0n) is 11.9. The Hall–Kier alpha value is -2.18. The fourth-order valence-electron chi connectivity index (χ4n) is 1.71. The van der Waals surface area contributed by atoms with Crippen molar-refractivity contribution >= 4 is 11.9 Å². The normalized spacial score (nSPS) is 12.9. The Kier molecular flexibility index (Phi) is 5.23. The molecule has 0 aliphatic carbocycles. The van der Waals surface area contributed by atoms with Crippen molar-refractivity contribution in [3.8, 4) is 5.75 Å². The monoisotopic (exact) mass is 301 g/mol. The highest BCUT2D eigenvalue weighted by molar-refractivity contribution is 5.99. The van der Waals surface area contributed by atoms with E-state index in [1.54, 1.807) is 20.8 Å². The van der Waals surface area contributed by atoms with Crippen LogP contribution >= 0.6 is 0 Å². The fraction of sp³-hybridized carbons (Fsp3) is 0.429. The Labute approximate surface area is 120 Å². The van der Waals surface area contributed by atoms with E-state index < -0.39 is 29.9 Å². The minimum atomic E-state index is -3.07. The number of amides is 1. The number of para-hydroxylation sites is 1. The van der Waals surface area contributed by atoms with Crippen molar-refractivity contribution < 1.29 is 28.2 Å². The molecule has 0 aliphatic rings. The van der Waals surface area contributed by atoms with Crippen LogP contribution in [0, 0.1) is 5.41 Å². The van der Waals surface area contributed by atoms with Crippen LogP contribution in [0.25, 0.3) is 0 Å². The van der Waals surface area contributed by atoms with Gasteiger partial charge in [0.15, 0.2) is 0 Å². The molecule has 0 saturated heterocycles. The molecule has 0 unspecified atom stereocenters. The van der Waals surface area contributed by atoms with Crippen LogP contribution in [0.3, 0.4) is 0 Å². The van der Waals surface area contributed by atoms with Gasteiger partial charge < -0.3 is 15.2 Å². The van der Waals surface area contributed by atoms with Crippen molar-refractivity contribution in [2.24, 2.45) is 5.41 Å². The van der Waals surface area contributed by atoms with Crippen LogP contribution < -0.4 is 10.1 Å². The summed E-state index contributed by atoms with van der Waals surface area (Å²) in [7, 11) is 0. The van der Waals surface area contributed by atoms with E-state index in [9.17, 15) is 18.4 Å². The topological polar surface area (TPSA) is 75.6 Å². The second-order valence-electron chi connectivity index (χ2n) is 5.49. The summed E-state index contributed by atoms with van der Waals surface area (Å²) in [6.07, 6.45) is 0. The lowest BCUT2D eigenvalue weighted by molar-refractivity contribution is -0.142. The van der Waals surface area contributed by atoms with Crippen LogP contribution in [0.1, 0.15) is 31.1 Å². The number of carbonyl (C=O) groups excluding carboxylic acids is 1. The maximum atomic E-state index is 12.3. The summed E-state index contributed by atoms with van der Waals surface area (Å²) < 4.78 is 28.8. The van der Waals surface area contributed by atoms with Crippen molar-refractivity contribution in [1.82, 2.24) is 5.32 Å². The number of hydrogen-bond acceptors (Lipinski definition) is 3. The quantitative estimate of drug-likeness (QED) is 0.876. The molecule has 0 spiro atoms. The van der Waals surface area contributed by atoms with E-state index in [0.717, 1.165) is 0 Å². The lowest BCUT2D eigenvalue weighted by Gasteiger charge is -2.28. The van der Waals surface area contributed by atoms with Crippen LogP contribution in [0.2, 0.25) is 0 Å². The van der Waals surface area contributed by atoms with Gasteiger partial charge in [-0.2, -0.15) is 8.78 Å². The maximum absolute atomic E-state index is 12.3. The first-order valence-corrected chi connectivity index (χ1v) is 6.20.